The number of halogens is 4. The molecule has 0 radical (unpaired) electrons. The number of rotatable bonds is 10. The first-order valence-electron chi connectivity index (χ1n) is 9.53. The van der Waals surface area contributed by atoms with E-state index < -0.39 is 41.4 Å². The van der Waals surface area contributed by atoms with Crippen molar-refractivity contribution in [3.05, 3.63) is 43.4 Å². The van der Waals surface area contributed by atoms with E-state index in [0.717, 1.165) is 13.0 Å². The van der Waals surface area contributed by atoms with Gasteiger partial charge in [-0.05, 0) is 30.7 Å². The Morgan fingerprint density at radius 1 is 1.21 bits per heavy atom. The van der Waals surface area contributed by atoms with Gasteiger partial charge in [0.2, 0.25) is 12.4 Å². The van der Waals surface area contributed by atoms with E-state index >= 15 is 0 Å². The Labute approximate surface area is 198 Å². The van der Waals surface area contributed by atoms with Gasteiger partial charge in [0.05, 0.1) is 18.8 Å². The molecule has 1 heterocycles. The third-order valence-electron chi connectivity index (χ3n) is 4.04. The van der Waals surface area contributed by atoms with E-state index in [1.807, 2.05) is 0 Å². The van der Waals surface area contributed by atoms with Crippen LogP contribution in [0.25, 0.3) is 6.08 Å². The maximum Gasteiger partial charge on any atom is 0.511 e. The highest BCUT2D eigenvalue weighted by atomic mass is 79.9. The molecule has 11 nitrogen and oxygen atoms in total. The molecule has 0 amide bonds. The third kappa shape index (κ3) is 8.06. The average Bonchev–Trinajstić information content (AvgIpc) is 2.70. The summed E-state index contributed by atoms with van der Waals surface area (Å²) in [5.41, 5.74) is -0.168. The molecule has 1 aromatic rings. The van der Waals surface area contributed by atoms with Crippen molar-refractivity contribution in [3.63, 3.8) is 0 Å². The maximum absolute atomic E-state index is 13.6. The molecule has 2 unspecified atom stereocenters. The molecule has 1 aliphatic rings. The first-order valence-corrected chi connectivity index (χ1v) is 10.3. The molecule has 15 heteroatoms. The van der Waals surface area contributed by atoms with Crippen LogP contribution in [-0.4, -0.2) is 62.2 Å². The highest BCUT2D eigenvalue weighted by molar-refractivity contribution is 9.10. The lowest BCUT2D eigenvalue weighted by atomic mass is 9.99. The lowest BCUT2D eigenvalue weighted by molar-refractivity contribution is -0.758. The number of hydrogen-bond donors (Lipinski definition) is 0. The van der Waals surface area contributed by atoms with Gasteiger partial charge < -0.3 is 28.5 Å². The van der Waals surface area contributed by atoms with E-state index in [2.05, 4.69) is 30.2 Å². The molecule has 0 spiro atoms. The number of hydrogen-bond acceptors (Lipinski definition) is 10. The summed E-state index contributed by atoms with van der Waals surface area (Å²) in [6.07, 6.45) is -9.37. The maximum atomic E-state index is 13.6. The van der Waals surface area contributed by atoms with Crippen molar-refractivity contribution in [2.45, 2.75) is 32.4 Å². The molecule has 0 bridgehead atoms. The van der Waals surface area contributed by atoms with E-state index in [1.165, 1.54) is 6.07 Å². The quantitative estimate of drug-likeness (QED) is 0.138. The molecule has 0 aliphatic carbocycles. The number of nitrogens with zero attached hydrogens (tertiary/aromatic N) is 1. The summed E-state index contributed by atoms with van der Waals surface area (Å²) in [5, 5.41) is 8.95. The normalized spacial score (nSPS) is 15.8. The summed E-state index contributed by atoms with van der Waals surface area (Å²) in [5.74, 6) is -1.43. The van der Waals surface area contributed by atoms with Gasteiger partial charge >= 0.3 is 18.3 Å². The van der Waals surface area contributed by atoms with Gasteiger partial charge in [-0.15, -0.1) is 10.1 Å². The smallest absolute Gasteiger partial charge is 0.475 e. The van der Waals surface area contributed by atoms with Crippen LogP contribution in [0.15, 0.2) is 22.2 Å². The van der Waals surface area contributed by atoms with Crippen LogP contribution in [0.1, 0.15) is 18.1 Å². The number of carbonyl (C=O) groups is 2. The molecule has 2 rings (SSSR count). The molecular formula is C19H19BrF3NO10. The Balaban J connectivity index is 1.92. The van der Waals surface area contributed by atoms with Gasteiger partial charge in [-0.25, -0.2) is 9.59 Å². The molecule has 0 saturated heterocycles. The van der Waals surface area contributed by atoms with Crippen LogP contribution in [0.4, 0.5) is 18.0 Å². The van der Waals surface area contributed by atoms with Gasteiger partial charge in [0.1, 0.15) is 19.0 Å². The van der Waals surface area contributed by atoms with Crippen LogP contribution in [0.3, 0.4) is 0 Å². The van der Waals surface area contributed by atoms with Gasteiger partial charge in [-0.1, -0.05) is 15.9 Å². The Morgan fingerprint density at radius 2 is 1.88 bits per heavy atom. The summed E-state index contributed by atoms with van der Waals surface area (Å²) in [6, 6.07) is 3.04. The Hall–Kier alpha value is -3.07. The van der Waals surface area contributed by atoms with Crippen LogP contribution >= 0.6 is 15.9 Å². The van der Waals surface area contributed by atoms with E-state index in [9.17, 15) is 32.9 Å². The summed E-state index contributed by atoms with van der Waals surface area (Å²) in [4.78, 5) is 38.0. The molecule has 0 saturated carbocycles. The van der Waals surface area contributed by atoms with Crippen molar-refractivity contribution in [2.24, 2.45) is 0 Å². The predicted molar refractivity (Wildman–Crippen MR) is 109 cm³/mol. The summed E-state index contributed by atoms with van der Waals surface area (Å²) < 4.78 is 65.3. The van der Waals surface area contributed by atoms with Crippen molar-refractivity contribution in [1.82, 2.24) is 0 Å². The predicted octanol–water partition coefficient (Wildman–Crippen LogP) is 3.73. The lowest BCUT2D eigenvalue weighted by Gasteiger charge is -2.29. The summed E-state index contributed by atoms with van der Waals surface area (Å²) in [7, 11) is 0. The Bertz CT molecular complexity index is 953. The number of esters is 1. The molecule has 34 heavy (non-hydrogen) atoms. The number of aryl methyl sites for hydroxylation is 1. The monoisotopic (exact) mass is 557 g/mol. The molecule has 2 atom stereocenters. The fraction of sp³-hybridized carbons (Fsp3) is 0.474. The zero-order chi connectivity index (χ0) is 25.5. The highest BCUT2D eigenvalue weighted by Gasteiger charge is 2.49. The number of carbonyl (C=O) groups excluding carboxylic acids is 2. The zero-order valence-corrected chi connectivity index (χ0v) is 19.3. The number of ether oxygens (including phenoxy) is 5. The first kappa shape index (κ1) is 27.2. The van der Waals surface area contributed by atoms with Gasteiger partial charge in [-0.3, -0.25) is 0 Å². The molecular weight excluding hydrogens is 539 g/mol. The fourth-order valence-corrected chi connectivity index (χ4v) is 3.32. The molecule has 0 aromatic heterocycles. The van der Waals surface area contributed by atoms with Gasteiger partial charge in [0.15, 0.2) is 0 Å². The third-order valence-corrected chi connectivity index (χ3v) is 4.50. The molecule has 0 fully saturated rings. The second-order valence-electron chi connectivity index (χ2n) is 6.64. The average molecular weight is 558 g/mol. The van der Waals surface area contributed by atoms with Crippen LogP contribution in [0, 0.1) is 17.0 Å². The van der Waals surface area contributed by atoms with E-state index in [1.54, 1.807) is 13.0 Å². The Kier molecular flexibility index (Phi) is 9.49. The van der Waals surface area contributed by atoms with Crippen LogP contribution in [0.2, 0.25) is 0 Å². The van der Waals surface area contributed by atoms with Crippen molar-refractivity contribution in [3.8, 4) is 5.75 Å². The molecule has 0 N–H and O–H groups in total. The van der Waals surface area contributed by atoms with Gasteiger partial charge in [-0.2, -0.15) is 13.2 Å². The van der Waals surface area contributed by atoms with Crippen LogP contribution in [-0.2, 0) is 28.6 Å². The summed E-state index contributed by atoms with van der Waals surface area (Å²) in [6.45, 7) is 1.76. The zero-order valence-electron chi connectivity index (χ0n) is 17.8. The topological polar surface area (TPSA) is 133 Å². The minimum absolute atomic E-state index is 0.0258. The molecule has 188 valence electrons. The van der Waals surface area contributed by atoms with E-state index in [0.29, 0.717) is 10.0 Å². The number of alkyl halides is 3. The number of fused-ring (bicyclic) bond motifs is 1. The van der Waals surface area contributed by atoms with Crippen molar-refractivity contribution in [1.29, 1.82) is 0 Å². The van der Waals surface area contributed by atoms with Crippen molar-refractivity contribution < 1.29 is 56.4 Å². The van der Waals surface area contributed by atoms with Crippen LogP contribution in [0.5, 0.6) is 5.75 Å². The van der Waals surface area contributed by atoms with E-state index in [4.69, 9.17) is 14.2 Å². The Morgan fingerprint density at radius 3 is 2.53 bits per heavy atom. The lowest BCUT2D eigenvalue weighted by Crippen LogP contribution is -2.41. The fourth-order valence-electron chi connectivity index (χ4n) is 2.73. The second kappa shape index (κ2) is 11.9. The summed E-state index contributed by atoms with van der Waals surface area (Å²) >= 11 is 3.23. The SMILES string of the molecule is Cc1cc(Br)cc2c1OC(C(F)(F)F)C(C(=O)OC(C)OC(=O)OCCOCCO[N+](=O)[O-])=C2. The van der Waals surface area contributed by atoms with Crippen LogP contribution < -0.4 is 4.74 Å². The van der Waals surface area contributed by atoms with E-state index in [-0.39, 0.29) is 37.7 Å². The van der Waals surface area contributed by atoms with Gasteiger partial charge in [0.25, 0.3) is 5.09 Å². The first-order chi connectivity index (χ1) is 15.9. The van der Waals surface area contributed by atoms with Crippen molar-refractivity contribution in [2.75, 3.05) is 26.4 Å². The standard InChI is InChI=1S/C19H19BrF3NO10/c1-10-7-13(20)8-12-9-14(16(19(21,22)23)34-15(10)12)17(25)32-11(2)33-18(26)30-5-3-29-4-6-31-24(27)28/h7-9,11,16H,3-6H2,1-2H3. The highest BCUT2D eigenvalue weighted by Crippen LogP contribution is 2.40. The minimum Gasteiger partial charge on any atom is -0.475 e. The largest absolute Gasteiger partial charge is 0.511 e. The van der Waals surface area contributed by atoms with Crippen molar-refractivity contribution >= 4 is 34.1 Å². The number of benzene rings is 1. The van der Waals surface area contributed by atoms with Gasteiger partial charge in [0, 0.05) is 17.0 Å². The second-order valence-corrected chi connectivity index (χ2v) is 7.55. The molecule has 1 aliphatic heterocycles. The minimum atomic E-state index is -4.92. The molecule has 1 aromatic carbocycles.